The molecule has 0 atom stereocenters. The molecule has 3 aromatic carbocycles. The van der Waals surface area contributed by atoms with Crippen molar-refractivity contribution in [2.75, 3.05) is 32.4 Å². The molecule has 1 heterocycles. The number of carbonyl (C=O) groups excluding carboxylic acids is 2. The van der Waals surface area contributed by atoms with E-state index in [2.05, 4.69) is 15.3 Å². The van der Waals surface area contributed by atoms with E-state index in [0.29, 0.717) is 39.1 Å². The van der Waals surface area contributed by atoms with E-state index in [4.69, 9.17) is 25.8 Å². The molecule has 0 spiro atoms. The summed E-state index contributed by atoms with van der Waals surface area (Å²) in [5.74, 6) is 0.336. The van der Waals surface area contributed by atoms with Gasteiger partial charge in [0.05, 0.1) is 32.8 Å². The van der Waals surface area contributed by atoms with Crippen LogP contribution in [-0.4, -0.2) is 48.7 Å². The number of rotatable bonds is 11. The van der Waals surface area contributed by atoms with Gasteiger partial charge in [-0.3, -0.25) is 14.4 Å². The molecule has 10 nitrogen and oxygen atoms in total. The molecular weight excluding hydrogens is 592 g/mol. The summed E-state index contributed by atoms with van der Waals surface area (Å²) in [5, 5.41) is 13.1. The number of allylic oxidation sites excluding steroid dienone is 1. The summed E-state index contributed by atoms with van der Waals surface area (Å²) in [6.45, 7) is 0. The lowest BCUT2D eigenvalue weighted by molar-refractivity contribution is -0.113. The Morgan fingerprint density at radius 3 is 2.26 bits per heavy atom. The van der Waals surface area contributed by atoms with E-state index in [1.807, 2.05) is 6.07 Å². The number of thioether (sulfide) groups is 1. The second-order valence-electron chi connectivity index (χ2n) is 8.78. The fourth-order valence-corrected chi connectivity index (χ4v) is 4.73. The van der Waals surface area contributed by atoms with E-state index in [0.717, 1.165) is 17.3 Å². The number of nitriles is 1. The van der Waals surface area contributed by atoms with Gasteiger partial charge < -0.3 is 24.5 Å². The summed E-state index contributed by atoms with van der Waals surface area (Å²) in [6, 6.07) is 18.6. The predicted molar refractivity (Wildman–Crippen MR) is 165 cm³/mol. The number of carbonyl (C=O) groups is 2. The van der Waals surface area contributed by atoms with Crippen LogP contribution in [0, 0.1) is 11.3 Å². The number of ketones is 1. The largest absolute Gasteiger partial charge is 0.493 e. The molecule has 218 valence electrons. The number of anilines is 1. The fourth-order valence-electron chi connectivity index (χ4n) is 3.94. The lowest BCUT2D eigenvalue weighted by Gasteiger charge is -2.14. The van der Waals surface area contributed by atoms with E-state index in [1.54, 1.807) is 66.7 Å². The molecule has 0 saturated heterocycles. The quantitative estimate of drug-likeness (QED) is 0.0950. The third kappa shape index (κ3) is 7.62. The standard InChI is InChI=1S/C31H25ClN4O6S/c1-40-25-14-20(15-26(41-2)29(25)42-3)28-23(16-33)30(39)36-31(35-28)43-17-27(38)34-22-11-7-19(8-12-22)24(37)13-6-18-4-9-21(32)10-5-18/h4-15H,17H2,1-3H3,(H,34,38)(H,35,36,39)/b13-6+. The minimum atomic E-state index is -0.658. The molecular formula is C31H25ClN4O6S. The van der Waals surface area contributed by atoms with E-state index >= 15 is 0 Å². The zero-order chi connectivity index (χ0) is 30.9. The Labute approximate surface area is 256 Å². The summed E-state index contributed by atoms with van der Waals surface area (Å²) < 4.78 is 16.1. The van der Waals surface area contributed by atoms with Crippen molar-refractivity contribution in [3.8, 4) is 34.6 Å². The Kier molecular flexibility index (Phi) is 10.2. The number of hydrogen-bond acceptors (Lipinski definition) is 9. The highest BCUT2D eigenvalue weighted by molar-refractivity contribution is 7.99. The highest BCUT2D eigenvalue weighted by Gasteiger charge is 2.20. The maximum absolute atomic E-state index is 12.7. The summed E-state index contributed by atoms with van der Waals surface area (Å²) in [5.41, 5.74) is 1.41. The number of ether oxygens (including phenoxy) is 3. The normalized spacial score (nSPS) is 10.7. The molecule has 43 heavy (non-hydrogen) atoms. The molecule has 0 bridgehead atoms. The van der Waals surface area contributed by atoms with Crippen molar-refractivity contribution in [1.29, 1.82) is 5.26 Å². The van der Waals surface area contributed by atoms with Gasteiger partial charge in [0.2, 0.25) is 11.7 Å². The Balaban J connectivity index is 1.44. The Hall–Kier alpha value is -5.05. The van der Waals surface area contributed by atoms with Crippen LogP contribution in [0.2, 0.25) is 5.02 Å². The van der Waals surface area contributed by atoms with Crippen LogP contribution in [0.15, 0.2) is 76.7 Å². The number of aromatic amines is 1. The molecule has 1 aromatic heterocycles. The number of benzene rings is 3. The number of hydrogen-bond donors (Lipinski definition) is 2. The highest BCUT2D eigenvalue weighted by atomic mass is 35.5. The monoisotopic (exact) mass is 616 g/mol. The summed E-state index contributed by atoms with van der Waals surface area (Å²) in [4.78, 5) is 44.8. The third-order valence-corrected chi connectivity index (χ3v) is 7.16. The smallest absolute Gasteiger partial charge is 0.270 e. The van der Waals surface area contributed by atoms with Crippen LogP contribution in [0.1, 0.15) is 21.5 Å². The van der Waals surface area contributed by atoms with Gasteiger partial charge in [-0.2, -0.15) is 5.26 Å². The molecule has 0 aliphatic rings. The van der Waals surface area contributed by atoms with Crippen molar-refractivity contribution in [2.24, 2.45) is 0 Å². The van der Waals surface area contributed by atoms with Gasteiger partial charge in [-0.15, -0.1) is 0 Å². The molecule has 0 unspecified atom stereocenters. The second kappa shape index (κ2) is 14.2. The SMILES string of the molecule is COc1cc(-c2nc(SCC(=O)Nc3ccc(C(=O)/C=C/c4ccc(Cl)cc4)cc3)[nH]c(=O)c2C#N)cc(OC)c1OC. The molecule has 4 rings (SSSR count). The van der Waals surface area contributed by atoms with Crippen molar-refractivity contribution >= 4 is 46.8 Å². The van der Waals surface area contributed by atoms with Crippen molar-refractivity contribution in [3.63, 3.8) is 0 Å². The van der Waals surface area contributed by atoms with Gasteiger partial charge in [-0.05, 0) is 60.2 Å². The van der Waals surface area contributed by atoms with Crippen LogP contribution in [0.5, 0.6) is 17.2 Å². The predicted octanol–water partition coefficient (Wildman–Crippen LogP) is 5.61. The molecule has 12 heteroatoms. The Bertz CT molecular complexity index is 1760. The average molecular weight is 617 g/mol. The molecule has 1 amide bonds. The van der Waals surface area contributed by atoms with Gasteiger partial charge >= 0.3 is 0 Å². The fraction of sp³-hybridized carbons (Fsp3) is 0.129. The van der Waals surface area contributed by atoms with Crippen LogP contribution >= 0.6 is 23.4 Å². The second-order valence-corrected chi connectivity index (χ2v) is 10.2. The van der Waals surface area contributed by atoms with Crippen LogP contribution in [0.25, 0.3) is 17.3 Å². The summed E-state index contributed by atoms with van der Waals surface area (Å²) in [6.07, 6.45) is 3.16. The first kappa shape index (κ1) is 30.9. The van der Waals surface area contributed by atoms with Crippen molar-refractivity contribution in [3.05, 3.63) is 98.8 Å². The highest BCUT2D eigenvalue weighted by Crippen LogP contribution is 2.41. The number of halogens is 1. The van der Waals surface area contributed by atoms with Crippen LogP contribution < -0.4 is 25.1 Å². The number of aromatic nitrogens is 2. The van der Waals surface area contributed by atoms with Gasteiger partial charge in [-0.1, -0.05) is 41.6 Å². The summed E-state index contributed by atoms with van der Waals surface area (Å²) in [7, 11) is 4.35. The Morgan fingerprint density at radius 2 is 1.67 bits per heavy atom. The lowest BCUT2D eigenvalue weighted by atomic mass is 10.1. The van der Waals surface area contributed by atoms with Gasteiger partial charge in [0.25, 0.3) is 5.56 Å². The summed E-state index contributed by atoms with van der Waals surface area (Å²) >= 11 is 6.87. The molecule has 2 N–H and O–H groups in total. The molecule has 0 saturated carbocycles. The number of amides is 1. The van der Waals surface area contributed by atoms with E-state index in [1.165, 1.54) is 27.4 Å². The third-order valence-electron chi connectivity index (χ3n) is 6.04. The number of H-pyrrole nitrogens is 1. The van der Waals surface area contributed by atoms with Crippen molar-refractivity contribution in [1.82, 2.24) is 9.97 Å². The molecule has 0 aliphatic carbocycles. The van der Waals surface area contributed by atoms with Gasteiger partial charge in [-0.25, -0.2) is 4.98 Å². The van der Waals surface area contributed by atoms with Crippen LogP contribution in [0.4, 0.5) is 5.69 Å². The topological polar surface area (TPSA) is 143 Å². The average Bonchev–Trinajstić information content (AvgIpc) is 3.02. The minimum Gasteiger partial charge on any atom is -0.493 e. The van der Waals surface area contributed by atoms with E-state index in [9.17, 15) is 19.6 Å². The lowest BCUT2D eigenvalue weighted by Crippen LogP contribution is -2.17. The molecule has 4 aromatic rings. The van der Waals surface area contributed by atoms with Gasteiger partial charge in [0.15, 0.2) is 22.4 Å². The maximum Gasteiger partial charge on any atom is 0.270 e. The van der Waals surface area contributed by atoms with Gasteiger partial charge in [0, 0.05) is 21.8 Å². The first-order chi connectivity index (χ1) is 20.8. The van der Waals surface area contributed by atoms with E-state index in [-0.39, 0.29) is 33.9 Å². The first-order valence-electron chi connectivity index (χ1n) is 12.6. The van der Waals surface area contributed by atoms with E-state index < -0.39 is 5.56 Å². The zero-order valence-electron chi connectivity index (χ0n) is 23.3. The molecule has 0 aliphatic heterocycles. The molecule has 0 radical (unpaired) electrons. The minimum absolute atomic E-state index is 0.0892. The number of nitrogens with zero attached hydrogens (tertiary/aromatic N) is 2. The van der Waals surface area contributed by atoms with Crippen molar-refractivity contribution < 1.29 is 23.8 Å². The van der Waals surface area contributed by atoms with Gasteiger partial charge in [0.1, 0.15) is 11.6 Å². The maximum atomic E-state index is 12.7. The number of methoxy groups -OCH3 is 3. The van der Waals surface area contributed by atoms with Crippen LogP contribution in [0.3, 0.4) is 0 Å². The zero-order valence-corrected chi connectivity index (χ0v) is 24.8. The first-order valence-corrected chi connectivity index (χ1v) is 14.0. The van der Waals surface area contributed by atoms with Crippen LogP contribution in [-0.2, 0) is 4.79 Å². The number of nitrogens with one attached hydrogen (secondary N) is 2. The molecule has 0 fully saturated rings. The Morgan fingerprint density at radius 1 is 1.02 bits per heavy atom. The van der Waals surface area contributed by atoms with Crippen molar-refractivity contribution in [2.45, 2.75) is 5.16 Å².